The average molecular weight is 332 g/mol. The van der Waals surface area contributed by atoms with Crippen molar-refractivity contribution in [2.45, 2.75) is 25.9 Å². The third-order valence-electron chi connectivity index (χ3n) is 5.15. The minimum Gasteiger partial charge on any atom is -0.355 e. The molecular formula is C21H24N4. The van der Waals surface area contributed by atoms with E-state index in [-0.39, 0.29) is 0 Å². The molecule has 1 aliphatic rings. The fourth-order valence-electron chi connectivity index (χ4n) is 3.61. The van der Waals surface area contributed by atoms with Gasteiger partial charge in [-0.15, -0.1) is 0 Å². The van der Waals surface area contributed by atoms with Crippen LogP contribution in [0.2, 0.25) is 0 Å². The number of rotatable bonds is 3. The lowest BCUT2D eigenvalue weighted by molar-refractivity contribution is 0.212. The van der Waals surface area contributed by atoms with Crippen molar-refractivity contribution in [1.82, 2.24) is 14.9 Å². The number of anilines is 1. The van der Waals surface area contributed by atoms with Gasteiger partial charge < -0.3 is 4.90 Å². The molecule has 2 heterocycles. The van der Waals surface area contributed by atoms with Crippen molar-refractivity contribution in [3.63, 3.8) is 0 Å². The van der Waals surface area contributed by atoms with Crippen molar-refractivity contribution >= 4 is 16.7 Å². The Bertz CT molecular complexity index is 828. The molecule has 1 saturated heterocycles. The molecule has 1 atom stereocenters. The van der Waals surface area contributed by atoms with Crippen molar-refractivity contribution < 1.29 is 0 Å². The maximum Gasteiger partial charge on any atom is 0.139 e. The van der Waals surface area contributed by atoms with Gasteiger partial charge in [-0.2, -0.15) is 0 Å². The third-order valence-corrected chi connectivity index (χ3v) is 5.15. The Balaban J connectivity index is 1.54. The number of aromatic nitrogens is 2. The minimum atomic E-state index is 0.568. The molecule has 1 aliphatic heterocycles. The number of benzene rings is 2. The van der Waals surface area contributed by atoms with E-state index >= 15 is 0 Å². The summed E-state index contributed by atoms with van der Waals surface area (Å²) in [5.41, 5.74) is 2.40. The van der Waals surface area contributed by atoms with Gasteiger partial charge in [-0.25, -0.2) is 9.97 Å². The van der Waals surface area contributed by atoms with E-state index in [9.17, 15) is 0 Å². The molecule has 25 heavy (non-hydrogen) atoms. The maximum atomic E-state index is 4.60. The highest BCUT2D eigenvalue weighted by atomic mass is 15.3. The zero-order valence-electron chi connectivity index (χ0n) is 14.7. The monoisotopic (exact) mass is 332 g/mol. The van der Waals surface area contributed by atoms with E-state index < -0.39 is 0 Å². The smallest absolute Gasteiger partial charge is 0.139 e. The number of hydrogen-bond donors (Lipinski definition) is 0. The predicted octanol–water partition coefficient (Wildman–Crippen LogP) is 3.73. The SMILES string of the molecule is CC1CCN(c2ncnc3ccccc23)CCN1Cc1ccccc1. The van der Waals surface area contributed by atoms with Crippen LogP contribution in [0.3, 0.4) is 0 Å². The van der Waals surface area contributed by atoms with E-state index in [2.05, 4.69) is 75.2 Å². The third kappa shape index (κ3) is 3.49. The first kappa shape index (κ1) is 16.0. The van der Waals surface area contributed by atoms with E-state index in [1.807, 2.05) is 6.07 Å². The van der Waals surface area contributed by atoms with Gasteiger partial charge in [0.25, 0.3) is 0 Å². The van der Waals surface area contributed by atoms with Crippen molar-refractivity contribution in [2.24, 2.45) is 0 Å². The zero-order chi connectivity index (χ0) is 17.1. The molecule has 0 spiro atoms. The van der Waals surface area contributed by atoms with Crippen LogP contribution in [-0.2, 0) is 6.54 Å². The van der Waals surface area contributed by atoms with Gasteiger partial charge in [-0.3, -0.25) is 4.90 Å². The lowest BCUT2D eigenvalue weighted by atomic mass is 10.1. The highest BCUT2D eigenvalue weighted by Crippen LogP contribution is 2.25. The van der Waals surface area contributed by atoms with Crippen molar-refractivity contribution in [2.75, 3.05) is 24.5 Å². The number of nitrogens with zero attached hydrogens (tertiary/aromatic N) is 4. The molecule has 3 aromatic rings. The van der Waals surface area contributed by atoms with Gasteiger partial charge in [-0.1, -0.05) is 42.5 Å². The normalized spacial score (nSPS) is 19.1. The van der Waals surface area contributed by atoms with Crippen LogP contribution >= 0.6 is 0 Å². The van der Waals surface area contributed by atoms with Gasteiger partial charge in [0.1, 0.15) is 12.1 Å². The molecule has 2 aromatic carbocycles. The molecule has 1 unspecified atom stereocenters. The standard InChI is InChI=1S/C21H24N4/c1-17-11-12-24(13-14-25(17)15-18-7-3-2-4-8-18)21-19-9-5-6-10-20(19)22-16-23-21/h2-10,16-17H,11-15H2,1H3. The number of fused-ring (bicyclic) bond motifs is 1. The molecule has 0 saturated carbocycles. The van der Waals surface area contributed by atoms with Gasteiger partial charge in [-0.05, 0) is 31.0 Å². The summed E-state index contributed by atoms with van der Waals surface area (Å²) < 4.78 is 0. The van der Waals surface area contributed by atoms with Gasteiger partial charge in [0, 0.05) is 37.6 Å². The van der Waals surface area contributed by atoms with E-state index in [1.165, 1.54) is 5.56 Å². The van der Waals surface area contributed by atoms with E-state index in [0.717, 1.165) is 49.3 Å². The summed E-state index contributed by atoms with van der Waals surface area (Å²) in [5.74, 6) is 1.07. The fourth-order valence-corrected chi connectivity index (χ4v) is 3.61. The molecule has 0 N–H and O–H groups in total. The Hall–Kier alpha value is -2.46. The summed E-state index contributed by atoms with van der Waals surface area (Å²) in [5, 5.41) is 1.15. The Morgan fingerprint density at radius 1 is 0.920 bits per heavy atom. The summed E-state index contributed by atoms with van der Waals surface area (Å²) in [4.78, 5) is 14.0. The van der Waals surface area contributed by atoms with Gasteiger partial charge >= 0.3 is 0 Å². The molecule has 0 bridgehead atoms. The first-order chi connectivity index (χ1) is 12.3. The van der Waals surface area contributed by atoms with Crippen molar-refractivity contribution in [1.29, 1.82) is 0 Å². The van der Waals surface area contributed by atoms with Crippen LogP contribution in [0.1, 0.15) is 18.9 Å². The predicted molar refractivity (Wildman–Crippen MR) is 103 cm³/mol. The summed E-state index contributed by atoms with van der Waals surface area (Å²) in [7, 11) is 0. The Labute approximate surface area is 149 Å². The molecule has 4 heteroatoms. The molecule has 0 radical (unpaired) electrons. The first-order valence-corrected chi connectivity index (χ1v) is 9.04. The van der Waals surface area contributed by atoms with Crippen LogP contribution in [0.25, 0.3) is 10.9 Å². The molecule has 128 valence electrons. The quantitative estimate of drug-likeness (QED) is 0.731. The zero-order valence-corrected chi connectivity index (χ0v) is 14.7. The van der Waals surface area contributed by atoms with E-state index in [4.69, 9.17) is 0 Å². The molecule has 0 aliphatic carbocycles. The van der Waals surface area contributed by atoms with Crippen LogP contribution in [0.5, 0.6) is 0 Å². The topological polar surface area (TPSA) is 32.3 Å². The van der Waals surface area contributed by atoms with Gasteiger partial charge in [0.05, 0.1) is 5.52 Å². The van der Waals surface area contributed by atoms with Gasteiger partial charge in [0.15, 0.2) is 0 Å². The minimum absolute atomic E-state index is 0.568. The number of hydrogen-bond acceptors (Lipinski definition) is 4. The second-order valence-corrected chi connectivity index (χ2v) is 6.80. The summed E-state index contributed by atoms with van der Waals surface area (Å²) in [6.45, 7) is 6.44. The molecule has 1 fully saturated rings. The lowest BCUT2D eigenvalue weighted by Crippen LogP contribution is -2.34. The lowest BCUT2D eigenvalue weighted by Gasteiger charge is -2.26. The Morgan fingerprint density at radius 3 is 2.60 bits per heavy atom. The summed E-state index contributed by atoms with van der Waals surface area (Å²) in [6.07, 6.45) is 2.83. The molecular weight excluding hydrogens is 308 g/mol. The molecule has 4 nitrogen and oxygen atoms in total. The Kier molecular flexibility index (Phi) is 4.61. The summed E-state index contributed by atoms with van der Waals surface area (Å²) in [6, 6.07) is 19.6. The summed E-state index contributed by atoms with van der Waals surface area (Å²) >= 11 is 0. The largest absolute Gasteiger partial charge is 0.355 e. The first-order valence-electron chi connectivity index (χ1n) is 9.04. The molecule has 4 rings (SSSR count). The number of para-hydroxylation sites is 1. The highest BCUT2D eigenvalue weighted by molar-refractivity contribution is 5.89. The second-order valence-electron chi connectivity index (χ2n) is 6.80. The Morgan fingerprint density at radius 2 is 1.72 bits per heavy atom. The maximum absolute atomic E-state index is 4.60. The second kappa shape index (κ2) is 7.19. The van der Waals surface area contributed by atoms with Crippen LogP contribution in [0, 0.1) is 0 Å². The van der Waals surface area contributed by atoms with Crippen LogP contribution in [0.15, 0.2) is 60.9 Å². The van der Waals surface area contributed by atoms with E-state index in [1.54, 1.807) is 6.33 Å². The van der Waals surface area contributed by atoms with Crippen LogP contribution < -0.4 is 4.90 Å². The van der Waals surface area contributed by atoms with Crippen molar-refractivity contribution in [3.05, 3.63) is 66.5 Å². The fraction of sp³-hybridized carbons (Fsp3) is 0.333. The van der Waals surface area contributed by atoms with Gasteiger partial charge in [0.2, 0.25) is 0 Å². The highest BCUT2D eigenvalue weighted by Gasteiger charge is 2.22. The van der Waals surface area contributed by atoms with Crippen LogP contribution in [-0.4, -0.2) is 40.5 Å². The molecule has 1 aromatic heterocycles. The van der Waals surface area contributed by atoms with Crippen molar-refractivity contribution in [3.8, 4) is 0 Å². The average Bonchev–Trinajstić information content (AvgIpc) is 2.84. The van der Waals surface area contributed by atoms with Crippen LogP contribution in [0.4, 0.5) is 5.82 Å². The van der Waals surface area contributed by atoms with E-state index in [0.29, 0.717) is 6.04 Å². The molecule has 0 amide bonds.